The summed E-state index contributed by atoms with van der Waals surface area (Å²) in [6.07, 6.45) is 1.16. The summed E-state index contributed by atoms with van der Waals surface area (Å²) in [6, 6.07) is 7.12. The molecule has 0 radical (unpaired) electrons. The fraction of sp³-hybridized carbons (Fsp3) is 0.214. The number of carboxylic acids is 1. The van der Waals surface area contributed by atoms with Crippen molar-refractivity contribution in [2.24, 2.45) is 0 Å². The van der Waals surface area contributed by atoms with Crippen LogP contribution in [0.5, 0.6) is 0 Å². The Hall–Kier alpha value is -1.88. The Labute approximate surface area is 113 Å². The van der Waals surface area contributed by atoms with Crippen molar-refractivity contribution in [1.29, 1.82) is 0 Å². The van der Waals surface area contributed by atoms with Crippen molar-refractivity contribution >= 4 is 16.8 Å². The first-order valence-corrected chi connectivity index (χ1v) is 7.05. The molecular weight excluding hydrogens is 264 g/mol. The minimum absolute atomic E-state index is 0.0765. The maximum absolute atomic E-state index is 12.2. The molecule has 1 atom stereocenters. The molecule has 0 aliphatic heterocycles. The second-order valence-electron chi connectivity index (χ2n) is 4.37. The Morgan fingerprint density at radius 3 is 2.63 bits per heavy atom. The van der Waals surface area contributed by atoms with Crippen molar-refractivity contribution in [1.82, 2.24) is 0 Å². The second-order valence-corrected chi connectivity index (χ2v) is 5.79. The zero-order valence-corrected chi connectivity index (χ0v) is 11.5. The van der Waals surface area contributed by atoms with E-state index in [9.17, 15) is 9.00 Å². The number of carboxylic acid groups (broad SMARTS) is 1. The third-order valence-electron chi connectivity index (χ3n) is 2.75. The number of furan rings is 1. The van der Waals surface area contributed by atoms with Crippen LogP contribution < -0.4 is 0 Å². The molecule has 0 aliphatic carbocycles. The van der Waals surface area contributed by atoms with Crippen LogP contribution in [-0.2, 0) is 16.6 Å². The molecule has 1 heterocycles. The highest BCUT2D eigenvalue weighted by molar-refractivity contribution is 7.84. The van der Waals surface area contributed by atoms with Crippen molar-refractivity contribution in [2.45, 2.75) is 24.5 Å². The minimum atomic E-state index is -1.24. The summed E-state index contributed by atoms with van der Waals surface area (Å²) >= 11 is 0. The van der Waals surface area contributed by atoms with Gasteiger partial charge in [0, 0.05) is 4.90 Å². The Kier molecular flexibility index (Phi) is 3.85. The summed E-state index contributed by atoms with van der Waals surface area (Å²) in [6.45, 7) is 3.89. The summed E-state index contributed by atoms with van der Waals surface area (Å²) in [5, 5.41) is 8.79. The van der Waals surface area contributed by atoms with Gasteiger partial charge in [0.2, 0.25) is 0 Å². The quantitative estimate of drug-likeness (QED) is 0.933. The lowest BCUT2D eigenvalue weighted by atomic mass is 10.2. The SMILES string of the molecule is Cc1ccc(S(=O)Cc2cc(C(=O)O)co2)c(C)c1. The van der Waals surface area contributed by atoms with E-state index in [0.717, 1.165) is 22.3 Å². The molecule has 1 aromatic heterocycles. The van der Waals surface area contributed by atoms with Gasteiger partial charge in [0.15, 0.2) is 0 Å². The van der Waals surface area contributed by atoms with E-state index >= 15 is 0 Å². The van der Waals surface area contributed by atoms with E-state index in [-0.39, 0.29) is 11.3 Å². The van der Waals surface area contributed by atoms with Gasteiger partial charge in [-0.15, -0.1) is 0 Å². The molecule has 0 spiro atoms. The molecule has 0 bridgehead atoms. The van der Waals surface area contributed by atoms with Crippen LogP contribution in [0.3, 0.4) is 0 Å². The van der Waals surface area contributed by atoms with Gasteiger partial charge in [0.25, 0.3) is 0 Å². The fourth-order valence-electron chi connectivity index (χ4n) is 1.83. The molecule has 2 aromatic rings. The predicted octanol–water partition coefficient (Wildman–Crippen LogP) is 2.90. The standard InChI is InChI=1S/C14H14O4S/c1-9-3-4-13(10(2)5-9)19(17)8-12-6-11(7-18-12)14(15)16/h3-7H,8H2,1-2H3,(H,15,16). The van der Waals surface area contributed by atoms with Crippen molar-refractivity contribution in [3.8, 4) is 0 Å². The molecule has 0 amide bonds. The minimum Gasteiger partial charge on any atom is -0.478 e. The normalized spacial score (nSPS) is 12.3. The number of benzene rings is 1. The van der Waals surface area contributed by atoms with Gasteiger partial charge in [-0.3, -0.25) is 4.21 Å². The van der Waals surface area contributed by atoms with Gasteiger partial charge in [-0.2, -0.15) is 0 Å². The molecule has 1 aromatic carbocycles. The number of aryl methyl sites for hydroxylation is 2. The lowest BCUT2D eigenvalue weighted by Crippen LogP contribution is -1.98. The highest BCUT2D eigenvalue weighted by Gasteiger charge is 2.13. The third-order valence-corrected chi connectivity index (χ3v) is 4.25. The number of carbonyl (C=O) groups is 1. The number of hydrogen-bond acceptors (Lipinski definition) is 3. The molecule has 0 saturated heterocycles. The smallest absolute Gasteiger partial charge is 0.338 e. The maximum atomic E-state index is 12.2. The highest BCUT2D eigenvalue weighted by atomic mass is 32.2. The van der Waals surface area contributed by atoms with E-state index in [1.807, 2.05) is 32.0 Å². The summed E-state index contributed by atoms with van der Waals surface area (Å²) in [5.74, 6) is -0.458. The van der Waals surface area contributed by atoms with Crippen LogP contribution >= 0.6 is 0 Å². The predicted molar refractivity (Wildman–Crippen MR) is 71.7 cm³/mol. The zero-order chi connectivity index (χ0) is 14.0. The Bertz CT molecular complexity index is 643. The van der Waals surface area contributed by atoms with Gasteiger partial charge in [-0.05, 0) is 31.5 Å². The molecule has 1 N–H and O–H groups in total. The molecule has 0 saturated carbocycles. The lowest BCUT2D eigenvalue weighted by molar-refractivity contribution is 0.0696. The van der Waals surface area contributed by atoms with Gasteiger partial charge in [0.1, 0.15) is 12.0 Å². The van der Waals surface area contributed by atoms with Gasteiger partial charge in [0.05, 0.1) is 22.1 Å². The van der Waals surface area contributed by atoms with E-state index in [2.05, 4.69) is 0 Å². The van der Waals surface area contributed by atoms with Crippen molar-refractivity contribution in [2.75, 3.05) is 0 Å². The monoisotopic (exact) mass is 278 g/mol. The first kappa shape index (κ1) is 13.5. The van der Waals surface area contributed by atoms with Crippen LogP contribution in [0.2, 0.25) is 0 Å². The first-order chi connectivity index (χ1) is 8.97. The van der Waals surface area contributed by atoms with Crippen LogP contribution in [-0.4, -0.2) is 15.3 Å². The Morgan fingerprint density at radius 1 is 1.32 bits per heavy atom. The topological polar surface area (TPSA) is 67.5 Å². The summed E-state index contributed by atoms with van der Waals surface area (Å²) in [5.41, 5.74) is 2.15. The third kappa shape index (κ3) is 3.12. The van der Waals surface area contributed by atoms with E-state index in [1.54, 1.807) is 0 Å². The van der Waals surface area contributed by atoms with E-state index < -0.39 is 16.8 Å². The molecule has 0 fully saturated rings. The molecule has 19 heavy (non-hydrogen) atoms. The van der Waals surface area contributed by atoms with E-state index in [1.165, 1.54) is 6.07 Å². The number of rotatable bonds is 4. The second kappa shape index (κ2) is 5.40. The lowest BCUT2D eigenvalue weighted by Gasteiger charge is -2.05. The number of aromatic carboxylic acids is 1. The van der Waals surface area contributed by atoms with E-state index in [0.29, 0.717) is 5.76 Å². The summed E-state index contributed by atoms with van der Waals surface area (Å²) in [4.78, 5) is 11.5. The largest absolute Gasteiger partial charge is 0.478 e. The zero-order valence-electron chi connectivity index (χ0n) is 10.7. The molecule has 2 rings (SSSR count). The molecule has 5 heteroatoms. The van der Waals surface area contributed by atoms with Gasteiger partial charge in [-0.25, -0.2) is 4.79 Å². The van der Waals surface area contributed by atoms with Crippen LogP contribution in [0, 0.1) is 13.8 Å². The Morgan fingerprint density at radius 2 is 2.05 bits per heavy atom. The maximum Gasteiger partial charge on any atom is 0.338 e. The highest BCUT2D eigenvalue weighted by Crippen LogP contribution is 2.19. The van der Waals surface area contributed by atoms with Crippen molar-refractivity contribution in [3.63, 3.8) is 0 Å². The van der Waals surface area contributed by atoms with Gasteiger partial charge in [-0.1, -0.05) is 17.7 Å². The van der Waals surface area contributed by atoms with Crippen LogP contribution in [0.4, 0.5) is 0 Å². The molecule has 4 nitrogen and oxygen atoms in total. The van der Waals surface area contributed by atoms with Crippen LogP contribution in [0.25, 0.3) is 0 Å². The molecule has 100 valence electrons. The first-order valence-electron chi connectivity index (χ1n) is 5.73. The number of hydrogen-bond donors (Lipinski definition) is 1. The van der Waals surface area contributed by atoms with Crippen molar-refractivity contribution < 1.29 is 18.5 Å². The van der Waals surface area contributed by atoms with Crippen LogP contribution in [0.1, 0.15) is 27.2 Å². The fourth-order valence-corrected chi connectivity index (χ4v) is 3.03. The average Bonchev–Trinajstić information content (AvgIpc) is 2.77. The van der Waals surface area contributed by atoms with Crippen LogP contribution in [0.15, 0.2) is 39.8 Å². The summed E-state index contributed by atoms with van der Waals surface area (Å²) in [7, 11) is -1.24. The summed E-state index contributed by atoms with van der Waals surface area (Å²) < 4.78 is 17.3. The Balaban J connectivity index is 2.18. The molecular formula is C14H14O4S. The van der Waals surface area contributed by atoms with E-state index in [4.69, 9.17) is 9.52 Å². The van der Waals surface area contributed by atoms with Crippen molar-refractivity contribution in [3.05, 3.63) is 53.0 Å². The average molecular weight is 278 g/mol. The molecule has 0 aliphatic rings. The van der Waals surface area contributed by atoms with Gasteiger partial charge >= 0.3 is 5.97 Å². The van der Waals surface area contributed by atoms with Gasteiger partial charge < -0.3 is 9.52 Å². The molecule has 1 unspecified atom stereocenters.